The monoisotopic (exact) mass is 265 g/mol. The van der Waals surface area contributed by atoms with Crippen molar-refractivity contribution in [1.82, 2.24) is 16.0 Å². The third-order valence-electron chi connectivity index (χ3n) is 4.99. The van der Waals surface area contributed by atoms with Crippen LogP contribution in [-0.2, 0) is 0 Å². The molecule has 4 nitrogen and oxygen atoms in total. The van der Waals surface area contributed by atoms with Crippen LogP contribution in [0.2, 0.25) is 0 Å². The van der Waals surface area contributed by atoms with Gasteiger partial charge >= 0.3 is 6.03 Å². The van der Waals surface area contributed by atoms with Crippen LogP contribution in [0, 0.1) is 0 Å². The number of hydrogen-bond donors (Lipinski definition) is 3. The molecule has 3 fully saturated rings. The summed E-state index contributed by atoms with van der Waals surface area (Å²) < 4.78 is 0. The zero-order valence-electron chi connectivity index (χ0n) is 11.8. The number of carbonyl (C=O) groups is 1. The first-order chi connectivity index (χ1) is 9.29. The number of nitrogens with one attached hydrogen (secondary N) is 3. The van der Waals surface area contributed by atoms with Crippen molar-refractivity contribution >= 4 is 6.03 Å². The Morgan fingerprint density at radius 1 is 0.789 bits per heavy atom. The highest BCUT2D eigenvalue weighted by molar-refractivity contribution is 5.74. The summed E-state index contributed by atoms with van der Waals surface area (Å²) in [7, 11) is 0. The maximum atomic E-state index is 12.1. The van der Waals surface area contributed by atoms with E-state index < -0.39 is 0 Å². The number of hydrogen-bond acceptors (Lipinski definition) is 2. The molecule has 2 heterocycles. The Kier molecular flexibility index (Phi) is 4.26. The fraction of sp³-hybridized carbons (Fsp3) is 0.933. The molecule has 2 atom stereocenters. The maximum absolute atomic E-state index is 12.1. The summed E-state index contributed by atoms with van der Waals surface area (Å²) in [6.07, 6.45) is 12.3. The molecule has 0 aromatic carbocycles. The molecule has 2 aliphatic heterocycles. The molecule has 0 radical (unpaired) electrons. The largest absolute Gasteiger partial charge is 0.335 e. The van der Waals surface area contributed by atoms with Crippen molar-refractivity contribution in [2.75, 3.05) is 0 Å². The highest BCUT2D eigenvalue weighted by Gasteiger charge is 2.32. The molecule has 1 saturated carbocycles. The van der Waals surface area contributed by atoms with Gasteiger partial charge in [0.05, 0.1) is 0 Å². The van der Waals surface area contributed by atoms with Gasteiger partial charge in [-0.15, -0.1) is 0 Å². The van der Waals surface area contributed by atoms with E-state index in [-0.39, 0.29) is 6.03 Å². The van der Waals surface area contributed by atoms with E-state index in [1.807, 2.05) is 0 Å². The average molecular weight is 265 g/mol. The van der Waals surface area contributed by atoms with E-state index in [9.17, 15) is 4.79 Å². The summed E-state index contributed by atoms with van der Waals surface area (Å²) >= 11 is 0. The van der Waals surface area contributed by atoms with Gasteiger partial charge in [-0.25, -0.2) is 4.79 Å². The van der Waals surface area contributed by atoms with Crippen molar-refractivity contribution in [2.24, 2.45) is 0 Å². The van der Waals surface area contributed by atoms with Gasteiger partial charge in [-0.1, -0.05) is 25.7 Å². The van der Waals surface area contributed by atoms with Crippen molar-refractivity contribution in [3.63, 3.8) is 0 Å². The summed E-state index contributed by atoms with van der Waals surface area (Å²) in [5.41, 5.74) is 0. The van der Waals surface area contributed by atoms with E-state index >= 15 is 0 Å². The smallest absolute Gasteiger partial charge is 0.315 e. The fourth-order valence-electron chi connectivity index (χ4n) is 4.04. The van der Waals surface area contributed by atoms with Crippen molar-refractivity contribution < 1.29 is 4.79 Å². The second-order valence-corrected chi connectivity index (χ2v) is 6.61. The SMILES string of the molecule is O=C(NC1CCCCC1)NC1C[C@H]2CCC[C@H](C1)N2. The fourth-order valence-corrected chi connectivity index (χ4v) is 4.04. The molecular weight excluding hydrogens is 238 g/mol. The molecule has 3 rings (SSSR count). The summed E-state index contributed by atoms with van der Waals surface area (Å²) in [5.74, 6) is 0. The van der Waals surface area contributed by atoms with Gasteiger partial charge in [-0.05, 0) is 38.5 Å². The van der Waals surface area contributed by atoms with Gasteiger partial charge in [0.1, 0.15) is 0 Å². The molecule has 0 spiro atoms. The Hall–Kier alpha value is -0.770. The van der Waals surface area contributed by atoms with E-state index in [2.05, 4.69) is 16.0 Å². The number of urea groups is 1. The van der Waals surface area contributed by atoms with Gasteiger partial charge in [0.25, 0.3) is 0 Å². The lowest BCUT2D eigenvalue weighted by atomic mass is 9.84. The van der Waals surface area contributed by atoms with Gasteiger partial charge in [0, 0.05) is 24.2 Å². The molecule has 2 bridgehead atoms. The lowest BCUT2D eigenvalue weighted by Crippen LogP contribution is -2.56. The summed E-state index contributed by atoms with van der Waals surface area (Å²) in [4.78, 5) is 12.1. The number of carbonyl (C=O) groups excluding carboxylic acids is 1. The third-order valence-corrected chi connectivity index (χ3v) is 4.99. The Morgan fingerprint density at radius 3 is 2.11 bits per heavy atom. The highest BCUT2D eigenvalue weighted by atomic mass is 16.2. The first kappa shape index (κ1) is 13.2. The van der Waals surface area contributed by atoms with Gasteiger partial charge in [0.15, 0.2) is 0 Å². The molecule has 0 aromatic rings. The second kappa shape index (κ2) is 6.12. The average Bonchev–Trinajstić information content (AvgIpc) is 2.39. The van der Waals surface area contributed by atoms with E-state index in [1.54, 1.807) is 0 Å². The van der Waals surface area contributed by atoms with Crippen LogP contribution in [-0.4, -0.2) is 30.2 Å². The van der Waals surface area contributed by atoms with Crippen LogP contribution in [0.25, 0.3) is 0 Å². The van der Waals surface area contributed by atoms with Gasteiger partial charge in [0.2, 0.25) is 0 Å². The minimum atomic E-state index is 0.0665. The van der Waals surface area contributed by atoms with E-state index in [1.165, 1.54) is 38.5 Å². The molecule has 3 N–H and O–H groups in total. The number of fused-ring (bicyclic) bond motifs is 2. The molecule has 2 saturated heterocycles. The quantitative estimate of drug-likeness (QED) is 0.717. The topological polar surface area (TPSA) is 53.2 Å². The van der Waals surface area contributed by atoms with Crippen molar-refractivity contribution in [3.05, 3.63) is 0 Å². The maximum Gasteiger partial charge on any atom is 0.315 e. The lowest BCUT2D eigenvalue weighted by molar-refractivity contribution is 0.192. The van der Waals surface area contributed by atoms with Crippen molar-refractivity contribution in [1.29, 1.82) is 0 Å². The van der Waals surface area contributed by atoms with Crippen LogP contribution in [0.5, 0.6) is 0 Å². The summed E-state index contributed by atoms with van der Waals surface area (Å²) in [6, 6.07) is 2.12. The first-order valence-corrected chi connectivity index (χ1v) is 8.12. The molecular formula is C15H27N3O. The van der Waals surface area contributed by atoms with Crippen molar-refractivity contribution in [3.8, 4) is 0 Å². The second-order valence-electron chi connectivity index (χ2n) is 6.61. The molecule has 3 aliphatic rings. The molecule has 4 heteroatoms. The lowest BCUT2D eigenvalue weighted by Gasteiger charge is -2.40. The van der Waals surface area contributed by atoms with Crippen molar-refractivity contribution in [2.45, 2.75) is 88.4 Å². The highest BCUT2D eigenvalue weighted by Crippen LogP contribution is 2.25. The zero-order chi connectivity index (χ0) is 13.1. The first-order valence-electron chi connectivity index (χ1n) is 8.12. The normalized spacial score (nSPS) is 35.7. The molecule has 108 valence electrons. The summed E-state index contributed by atoms with van der Waals surface area (Å²) in [6.45, 7) is 0. The van der Waals surface area contributed by atoms with Gasteiger partial charge < -0.3 is 16.0 Å². The van der Waals surface area contributed by atoms with Crippen LogP contribution in [0.15, 0.2) is 0 Å². The number of amides is 2. The van der Waals surface area contributed by atoms with Gasteiger partial charge in [-0.3, -0.25) is 0 Å². The van der Waals surface area contributed by atoms with Crippen LogP contribution in [0.4, 0.5) is 4.79 Å². The minimum Gasteiger partial charge on any atom is -0.335 e. The van der Waals surface area contributed by atoms with E-state index in [0.717, 1.165) is 25.7 Å². The van der Waals surface area contributed by atoms with Gasteiger partial charge in [-0.2, -0.15) is 0 Å². The summed E-state index contributed by atoms with van der Waals surface area (Å²) in [5, 5.41) is 10.0. The molecule has 19 heavy (non-hydrogen) atoms. The van der Waals surface area contributed by atoms with Crippen LogP contribution < -0.4 is 16.0 Å². The Bertz CT molecular complexity index is 303. The van der Waals surface area contributed by atoms with E-state index in [4.69, 9.17) is 0 Å². The predicted molar refractivity (Wildman–Crippen MR) is 76.1 cm³/mol. The third kappa shape index (κ3) is 3.62. The minimum absolute atomic E-state index is 0.0665. The van der Waals surface area contributed by atoms with Crippen LogP contribution in [0.1, 0.15) is 64.2 Å². The van der Waals surface area contributed by atoms with Crippen LogP contribution >= 0.6 is 0 Å². The van der Waals surface area contributed by atoms with Crippen LogP contribution in [0.3, 0.4) is 0 Å². The molecule has 0 unspecified atom stereocenters. The molecule has 0 aromatic heterocycles. The predicted octanol–water partition coefficient (Wildman–Crippen LogP) is 2.29. The number of piperidine rings is 2. The molecule has 2 amide bonds. The zero-order valence-corrected chi connectivity index (χ0v) is 11.8. The Labute approximate surface area is 116 Å². The Balaban J connectivity index is 1.44. The van der Waals surface area contributed by atoms with E-state index in [0.29, 0.717) is 24.2 Å². The Morgan fingerprint density at radius 2 is 1.42 bits per heavy atom. The molecule has 1 aliphatic carbocycles. The standard InChI is InChI=1S/C15H27N3O/c19-15(17-11-5-2-1-3-6-11)18-14-9-12-7-4-8-13(10-14)16-12/h11-14,16H,1-10H2,(H2,17,18,19)/t12-,13-/m1/s1. The number of rotatable bonds is 2.